The molecule has 1 aliphatic carbocycles. The molecule has 0 unspecified atom stereocenters. The number of aromatic nitrogens is 3. The van der Waals surface area contributed by atoms with E-state index in [0.717, 1.165) is 30.5 Å². The number of nitrogens with zero attached hydrogens (tertiary/aromatic N) is 4. The van der Waals surface area contributed by atoms with Crippen molar-refractivity contribution in [2.75, 3.05) is 18.1 Å². The Bertz CT molecular complexity index is 1940. The van der Waals surface area contributed by atoms with E-state index >= 15 is 0 Å². The number of sulfone groups is 1. The molecule has 1 saturated carbocycles. The summed E-state index contributed by atoms with van der Waals surface area (Å²) in [7, 11) is -4.55. The van der Waals surface area contributed by atoms with Crippen LogP contribution in [-0.2, 0) is 22.3 Å². The van der Waals surface area contributed by atoms with E-state index in [0.29, 0.717) is 22.4 Å². The van der Waals surface area contributed by atoms with Gasteiger partial charge in [-0.05, 0) is 60.7 Å². The minimum atomic E-state index is -4.55. The third-order valence-electron chi connectivity index (χ3n) is 8.06. The van der Waals surface area contributed by atoms with Crippen LogP contribution in [0.25, 0.3) is 10.9 Å². The number of carbonyl (C=O) groups excluding carboxylic acids is 1. The van der Waals surface area contributed by atoms with Gasteiger partial charge in [-0.3, -0.25) is 9.78 Å². The number of nitrogens with one attached hydrogen (secondary N) is 1. The molecule has 0 bridgehead atoms. The van der Waals surface area contributed by atoms with Crippen molar-refractivity contribution in [3.8, 4) is 5.75 Å². The maximum Gasteiger partial charge on any atom is 0.278 e. The molecule has 0 saturated heterocycles. The zero-order valence-electron chi connectivity index (χ0n) is 23.1. The van der Waals surface area contributed by atoms with Crippen molar-refractivity contribution in [2.24, 2.45) is 0 Å². The van der Waals surface area contributed by atoms with Gasteiger partial charge in [0.15, 0.2) is 11.6 Å². The van der Waals surface area contributed by atoms with Gasteiger partial charge in [0, 0.05) is 42.7 Å². The van der Waals surface area contributed by atoms with Crippen molar-refractivity contribution >= 4 is 38.3 Å². The number of halogens is 4. The summed E-state index contributed by atoms with van der Waals surface area (Å²) in [6, 6.07) is 8.37. The molecule has 1 N–H and O–H groups in total. The van der Waals surface area contributed by atoms with Crippen LogP contribution in [0, 0.1) is 5.82 Å². The molecule has 5 heterocycles. The molecule has 0 radical (unpaired) electrons. The lowest BCUT2D eigenvalue weighted by Gasteiger charge is -2.34. The van der Waals surface area contributed by atoms with E-state index in [4.69, 9.17) is 4.74 Å². The molecule has 3 aliphatic rings. The van der Waals surface area contributed by atoms with E-state index in [1.54, 1.807) is 41.6 Å². The van der Waals surface area contributed by atoms with Crippen LogP contribution in [0.4, 0.5) is 29.2 Å². The molecule has 0 spiro atoms. The fraction of sp³-hybridized carbons (Fsp3) is 0.333. The third kappa shape index (κ3) is 5.00. The Morgan fingerprint density at radius 2 is 1.91 bits per heavy atom. The smallest absolute Gasteiger partial charge is 0.278 e. The van der Waals surface area contributed by atoms with Crippen LogP contribution in [0.1, 0.15) is 58.8 Å². The molecule has 1 fully saturated rings. The first-order valence-electron chi connectivity index (χ1n) is 14.1. The van der Waals surface area contributed by atoms with Gasteiger partial charge >= 0.3 is 0 Å². The minimum absolute atomic E-state index is 0.0174. The molecule has 9 nitrogen and oxygen atoms in total. The lowest BCUT2D eigenvalue weighted by Crippen LogP contribution is -2.34. The molecule has 3 aromatic heterocycles. The topological polar surface area (TPSA) is 114 Å². The van der Waals surface area contributed by atoms with Gasteiger partial charge in [0.25, 0.3) is 11.8 Å². The number of carbonyl (C=O) groups is 1. The van der Waals surface area contributed by atoms with Crippen LogP contribution in [0.2, 0.25) is 0 Å². The van der Waals surface area contributed by atoms with Crippen molar-refractivity contribution < 1.29 is 35.5 Å². The Labute approximate surface area is 249 Å². The van der Waals surface area contributed by atoms with E-state index in [1.807, 2.05) is 0 Å². The van der Waals surface area contributed by atoms with Gasteiger partial charge < -0.3 is 15.0 Å². The van der Waals surface area contributed by atoms with E-state index < -0.39 is 50.1 Å². The number of pyridine rings is 3. The quantitative estimate of drug-likeness (QED) is 0.291. The molecule has 228 valence electrons. The summed E-state index contributed by atoms with van der Waals surface area (Å²) in [5.41, 5.74) is -1.03. The van der Waals surface area contributed by atoms with Gasteiger partial charge in [-0.1, -0.05) is 0 Å². The van der Waals surface area contributed by atoms with Crippen LogP contribution in [0.3, 0.4) is 0 Å². The van der Waals surface area contributed by atoms with Crippen LogP contribution in [0.15, 0.2) is 53.7 Å². The molecule has 1 aromatic carbocycles. The second kappa shape index (κ2) is 10.4. The second-order valence-electron chi connectivity index (χ2n) is 11.1. The fourth-order valence-corrected chi connectivity index (χ4v) is 6.87. The first kappa shape index (κ1) is 28.4. The first-order valence-corrected chi connectivity index (χ1v) is 15.6. The number of alkyl halides is 3. The molecular formula is C30H25F4N5O4S. The monoisotopic (exact) mass is 627 g/mol. The maximum absolute atomic E-state index is 14.9. The Balaban J connectivity index is 1.13. The molecular weight excluding hydrogens is 602 g/mol. The van der Waals surface area contributed by atoms with E-state index in [9.17, 15) is 30.8 Å². The molecule has 4 aromatic rings. The number of anilines is 2. The summed E-state index contributed by atoms with van der Waals surface area (Å²) in [5, 5.41) is 3.23. The van der Waals surface area contributed by atoms with Crippen molar-refractivity contribution in [3.05, 3.63) is 77.0 Å². The Morgan fingerprint density at radius 3 is 2.70 bits per heavy atom. The molecule has 2 aliphatic heterocycles. The summed E-state index contributed by atoms with van der Waals surface area (Å²) in [6.07, 6.45) is 4.30. The largest absolute Gasteiger partial charge is 0.489 e. The highest BCUT2D eigenvalue weighted by atomic mass is 32.2. The number of amides is 1. The van der Waals surface area contributed by atoms with Gasteiger partial charge in [-0.25, -0.2) is 35.9 Å². The zero-order valence-corrected chi connectivity index (χ0v) is 23.9. The lowest BCUT2D eigenvalue weighted by molar-refractivity contribution is -0.0147. The third-order valence-corrected chi connectivity index (χ3v) is 9.89. The highest BCUT2D eigenvalue weighted by Gasteiger charge is 2.42. The van der Waals surface area contributed by atoms with Crippen LogP contribution >= 0.6 is 0 Å². The highest BCUT2D eigenvalue weighted by molar-refractivity contribution is 7.92. The van der Waals surface area contributed by atoms with Crippen LogP contribution < -0.4 is 15.0 Å². The maximum atomic E-state index is 14.9. The average molecular weight is 628 g/mol. The first-order chi connectivity index (χ1) is 21.0. The Kier molecular flexibility index (Phi) is 6.72. The van der Waals surface area contributed by atoms with Crippen molar-refractivity contribution in [2.45, 2.75) is 54.5 Å². The van der Waals surface area contributed by atoms with Gasteiger partial charge in [-0.15, -0.1) is 0 Å². The summed E-state index contributed by atoms with van der Waals surface area (Å²) < 4.78 is 88.9. The number of fused-ring (bicyclic) bond motifs is 3. The fourth-order valence-electron chi connectivity index (χ4n) is 5.48. The molecule has 14 heteroatoms. The molecule has 7 rings (SSSR count). The number of hydrogen-bond acceptors (Lipinski definition) is 8. The lowest BCUT2D eigenvalue weighted by atomic mass is 9.98. The zero-order chi connectivity index (χ0) is 30.8. The van der Waals surface area contributed by atoms with Gasteiger partial charge in [-0.2, -0.15) is 0 Å². The van der Waals surface area contributed by atoms with Gasteiger partial charge in [0.05, 0.1) is 29.9 Å². The molecule has 44 heavy (non-hydrogen) atoms. The highest BCUT2D eigenvalue weighted by Crippen LogP contribution is 2.47. The van der Waals surface area contributed by atoms with Crippen LogP contribution in [0.5, 0.6) is 5.75 Å². The van der Waals surface area contributed by atoms with Gasteiger partial charge in [0.1, 0.15) is 16.5 Å². The summed E-state index contributed by atoms with van der Waals surface area (Å²) >= 11 is 0. The van der Waals surface area contributed by atoms with Crippen molar-refractivity contribution in [1.82, 2.24) is 20.3 Å². The van der Waals surface area contributed by atoms with Crippen LogP contribution in [-0.4, -0.2) is 47.9 Å². The van der Waals surface area contributed by atoms with E-state index in [-0.39, 0.29) is 49.0 Å². The van der Waals surface area contributed by atoms with Crippen molar-refractivity contribution in [3.63, 3.8) is 0 Å². The Hall–Kier alpha value is -4.33. The molecule has 1 amide bonds. The SMILES string of the molecule is O=C(NCc1cc2nc(N3CCC(F)(F)c4cc(C5CC5)cnc43)ccc2cn1)c1cc(F)c2c(c1)S(=O)(=O)[C@@H](F)CCO2. The summed E-state index contributed by atoms with van der Waals surface area (Å²) in [4.78, 5) is 27.2. The predicted octanol–water partition coefficient (Wildman–Crippen LogP) is 5.46. The van der Waals surface area contributed by atoms with E-state index in [2.05, 4.69) is 20.3 Å². The normalized spacial score (nSPS) is 20.3. The predicted molar refractivity (Wildman–Crippen MR) is 151 cm³/mol. The summed E-state index contributed by atoms with van der Waals surface area (Å²) in [5.74, 6) is -4.65. The summed E-state index contributed by atoms with van der Waals surface area (Å²) in [6.45, 7) is -0.434. The van der Waals surface area contributed by atoms with Gasteiger partial charge in [0.2, 0.25) is 15.3 Å². The number of rotatable bonds is 5. The standard InChI is InChI=1S/C30H25F4N5O4S/c31-22-10-18(11-24-27(22)43-8-5-25(32)44(24,41)42)29(40)37-15-20-12-23-17(13-35-20)3-4-26(38-23)39-7-6-30(33,34)21-9-19(16-1-2-16)14-36-28(21)39/h3-4,9-14,16,25H,1-2,5-8,15H2,(H,37,40)/t25-/m1/s1. The second-order valence-corrected chi connectivity index (χ2v) is 13.2. The number of ether oxygens (including phenoxy) is 1. The Morgan fingerprint density at radius 1 is 1.09 bits per heavy atom. The molecule has 1 atom stereocenters. The number of hydrogen-bond donors (Lipinski definition) is 1. The van der Waals surface area contributed by atoms with Crippen molar-refractivity contribution in [1.29, 1.82) is 0 Å². The number of benzene rings is 1. The minimum Gasteiger partial charge on any atom is -0.489 e. The average Bonchev–Trinajstić information content (AvgIpc) is 3.86. The van der Waals surface area contributed by atoms with E-state index in [1.165, 1.54) is 0 Å².